The predicted molar refractivity (Wildman–Crippen MR) is 75.4 cm³/mol. The van der Waals surface area contributed by atoms with E-state index in [9.17, 15) is 10.4 Å². The average Bonchev–Trinajstić information content (AvgIpc) is 2.66. The zero-order valence-electron chi connectivity index (χ0n) is 10.3. The SMILES string of the molecule is Cc1cc(/C=C(\C#N)c2ccc(O)cc2)c(C)s1. The summed E-state index contributed by atoms with van der Waals surface area (Å²) in [5.74, 6) is 0.207. The Labute approximate surface area is 110 Å². The van der Waals surface area contributed by atoms with E-state index in [2.05, 4.69) is 26.0 Å². The zero-order chi connectivity index (χ0) is 13.1. The van der Waals surface area contributed by atoms with E-state index in [0.717, 1.165) is 11.1 Å². The fraction of sp³-hybridized carbons (Fsp3) is 0.133. The van der Waals surface area contributed by atoms with Crippen molar-refractivity contribution in [3.8, 4) is 11.8 Å². The zero-order valence-corrected chi connectivity index (χ0v) is 11.1. The molecule has 0 fully saturated rings. The molecular weight excluding hydrogens is 242 g/mol. The third-order valence-electron chi connectivity index (χ3n) is 2.68. The highest BCUT2D eigenvalue weighted by Gasteiger charge is 2.05. The van der Waals surface area contributed by atoms with Crippen molar-refractivity contribution >= 4 is 23.0 Å². The van der Waals surface area contributed by atoms with Crippen molar-refractivity contribution < 1.29 is 5.11 Å². The van der Waals surface area contributed by atoms with Crippen LogP contribution in [0.2, 0.25) is 0 Å². The van der Waals surface area contributed by atoms with Crippen LogP contribution in [0.5, 0.6) is 5.75 Å². The van der Waals surface area contributed by atoms with Gasteiger partial charge in [-0.2, -0.15) is 5.26 Å². The van der Waals surface area contributed by atoms with Crippen molar-refractivity contribution in [2.75, 3.05) is 0 Å². The maximum atomic E-state index is 9.25. The monoisotopic (exact) mass is 255 g/mol. The number of benzene rings is 1. The standard InChI is InChI=1S/C15H13NOS/c1-10-7-13(11(2)18-10)8-14(9-16)12-3-5-15(17)6-4-12/h3-8,17H,1-2H3/b14-8+. The van der Waals surface area contributed by atoms with Crippen LogP contribution in [-0.4, -0.2) is 5.11 Å². The molecule has 1 aromatic heterocycles. The predicted octanol–water partition coefficient (Wildman–Crippen LogP) is 4.13. The van der Waals surface area contributed by atoms with Crippen LogP contribution in [0.1, 0.15) is 20.9 Å². The van der Waals surface area contributed by atoms with Gasteiger partial charge in [-0.1, -0.05) is 0 Å². The summed E-state index contributed by atoms with van der Waals surface area (Å²) in [7, 11) is 0. The van der Waals surface area contributed by atoms with Gasteiger partial charge in [0.15, 0.2) is 0 Å². The van der Waals surface area contributed by atoms with Gasteiger partial charge in [-0.05, 0) is 61.4 Å². The fourth-order valence-electron chi connectivity index (χ4n) is 1.77. The molecule has 0 aliphatic carbocycles. The minimum absolute atomic E-state index is 0.207. The van der Waals surface area contributed by atoms with E-state index in [1.165, 1.54) is 9.75 Å². The molecular formula is C15H13NOS. The Morgan fingerprint density at radius 1 is 1.28 bits per heavy atom. The normalized spacial score (nSPS) is 11.3. The number of aryl methyl sites for hydroxylation is 2. The minimum atomic E-state index is 0.207. The first-order valence-electron chi connectivity index (χ1n) is 5.58. The Hall–Kier alpha value is -2.05. The van der Waals surface area contributed by atoms with Crippen molar-refractivity contribution in [3.05, 3.63) is 51.2 Å². The molecule has 0 unspecified atom stereocenters. The Kier molecular flexibility index (Phi) is 3.50. The van der Waals surface area contributed by atoms with Crippen LogP contribution in [0, 0.1) is 25.2 Å². The molecule has 0 atom stereocenters. The minimum Gasteiger partial charge on any atom is -0.508 e. The fourth-order valence-corrected chi connectivity index (χ4v) is 2.67. The number of phenols is 1. The third-order valence-corrected chi connectivity index (χ3v) is 3.66. The molecule has 0 spiro atoms. The lowest BCUT2D eigenvalue weighted by Crippen LogP contribution is -1.81. The van der Waals surface area contributed by atoms with E-state index in [1.807, 2.05) is 6.08 Å². The Bertz CT molecular complexity index is 630. The summed E-state index contributed by atoms with van der Waals surface area (Å²) in [5.41, 5.74) is 2.51. The van der Waals surface area contributed by atoms with E-state index in [-0.39, 0.29) is 5.75 Å². The molecule has 0 radical (unpaired) electrons. The van der Waals surface area contributed by atoms with Gasteiger partial charge < -0.3 is 5.11 Å². The van der Waals surface area contributed by atoms with Gasteiger partial charge >= 0.3 is 0 Å². The van der Waals surface area contributed by atoms with Crippen LogP contribution in [-0.2, 0) is 0 Å². The summed E-state index contributed by atoms with van der Waals surface area (Å²) in [6.45, 7) is 4.11. The van der Waals surface area contributed by atoms with Crippen LogP contribution >= 0.6 is 11.3 Å². The molecule has 2 aromatic rings. The summed E-state index contributed by atoms with van der Waals surface area (Å²) in [6, 6.07) is 11.0. The summed E-state index contributed by atoms with van der Waals surface area (Å²) in [5, 5.41) is 18.5. The number of thiophene rings is 1. The van der Waals surface area contributed by atoms with Crippen molar-refractivity contribution in [2.45, 2.75) is 13.8 Å². The van der Waals surface area contributed by atoms with Gasteiger partial charge in [0.1, 0.15) is 5.75 Å². The Morgan fingerprint density at radius 3 is 2.44 bits per heavy atom. The lowest BCUT2D eigenvalue weighted by atomic mass is 10.0. The number of aromatic hydroxyl groups is 1. The molecule has 0 saturated carbocycles. The summed E-state index contributed by atoms with van der Waals surface area (Å²) >= 11 is 1.73. The van der Waals surface area contributed by atoms with E-state index >= 15 is 0 Å². The van der Waals surface area contributed by atoms with Crippen molar-refractivity contribution in [2.24, 2.45) is 0 Å². The molecule has 18 heavy (non-hydrogen) atoms. The number of hydrogen-bond acceptors (Lipinski definition) is 3. The van der Waals surface area contributed by atoms with Gasteiger partial charge in [0.25, 0.3) is 0 Å². The summed E-state index contributed by atoms with van der Waals surface area (Å²) in [6.07, 6.45) is 1.89. The van der Waals surface area contributed by atoms with Crippen LogP contribution in [0.3, 0.4) is 0 Å². The Balaban J connectivity index is 2.43. The quantitative estimate of drug-likeness (QED) is 0.820. The molecule has 1 N–H and O–H groups in total. The maximum absolute atomic E-state index is 9.25. The van der Waals surface area contributed by atoms with Gasteiger partial charge in [-0.25, -0.2) is 0 Å². The van der Waals surface area contributed by atoms with E-state index < -0.39 is 0 Å². The highest BCUT2D eigenvalue weighted by atomic mass is 32.1. The highest BCUT2D eigenvalue weighted by Crippen LogP contribution is 2.26. The topological polar surface area (TPSA) is 44.0 Å². The number of rotatable bonds is 2. The first-order chi connectivity index (χ1) is 8.60. The highest BCUT2D eigenvalue weighted by molar-refractivity contribution is 7.12. The molecule has 0 aliphatic rings. The van der Waals surface area contributed by atoms with Crippen LogP contribution in [0.15, 0.2) is 30.3 Å². The smallest absolute Gasteiger partial charge is 0.115 e. The van der Waals surface area contributed by atoms with Gasteiger partial charge in [0, 0.05) is 9.75 Å². The van der Waals surface area contributed by atoms with Gasteiger partial charge in [-0.15, -0.1) is 11.3 Å². The summed E-state index contributed by atoms with van der Waals surface area (Å²) < 4.78 is 0. The lowest BCUT2D eigenvalue weighted by Gasteiger charge is -1.99. The Morgan fingerprint density at radius 2 is 1.94 bits per heavy atom. The first-order valence-corrected chi connectivity index (χ1v) is 6.40. The van der Waals surface area contributed by atoms with Crippen LogP contribution in [0.4, 0.5) is 0 Å². The molecule has 0 saturated heterocycles. The number of allylic oxidation sites excluding steroid dienone is 1. The van der Waals surface area contributed by atoms with Gasteiger partial charge in [0.05, 0.1) is 11.6 Å². The second-order valence-electron chi connectivity index (χ2n) is 4.09. The molecule has 90 valence electrons. The number of nitriles is 1. The lowest BCUT2D eigenvalue weighted by molar-refractivity contribution is 0.475. The van der Waals surface area contributed by atoms with Gasteiger partial charge in [-0.3, -0.25) is 0 Å². The summed E-state index contributed by atoms with van der Waals surface area (Å²) in [4.78, 5) is 2.45. The van der Waals surface area contributed by atoms with Crippen LogP contribution < -0.4 is 0 Å². The second kappa shape index (κ2) is 5.07. The third kappa shape index (κ3) is 2.61. The molecule has 0 bridgehead atoms. The van der Waals surface area contributed by atoms with Gasteiger partial charge in [0.2, 0.25) is 0 Å². The molecule has 2 nitrogen and oxygen atoms in total. The number of nitrogens with zero attached hydrogens (tertiary/aromatic N) is 1. The number of phenolic OH excluding ortho intramolecular Hbond substituents is 1. The van der Waals surface area contributed by atoms with E-state index in [0.29, 0.717) is 5.57 Å². The van der Waals surface area contributed by atoms with Crippen molar-refractivity contribution in [1.82, 2.24) is 0 Å². The molecule has 0 amide bonds. The average molecular weight is 255 g/mol. The first kappa shape index (κ1) is 12.4. The molecule has 1 aromatic carbocycles. The van der Waals surface area contributed by atoms with E-state index in [4.69, 9.17) is 0 Å². The van der Waals surface area contributed by atoms with Crippen LogP contribution in [0.25, 0.3) is 11.6 Å². The molecule has 2 rings (SSSR count). The largest absolute Gasteiger partial charge is 0.508 e. The molecule has 0 aliphatic heterocycles. The molecule has 1 heterocycles. The van der Waals surface area contributed by atoms with Crippen molar-refractivity contribution in [3.63, 3.8) is 0 Å². The number of hydrogen-bond donors (Lipinski definition) is 1. The molecule has 3 heteroatoms. The second-order valence-corrected chi connectivity index (χ2v) is 5.55. The maximum Gasteiger partial charge on any atom is 0.115 e. The van der Waals surface area contributed by atoms with E-state index in [1.54, 1.807) is 35.6 Å². The van der Waals surface area contributed by atoms with Crippen molar-refractivity contribution in [1.29, 1.82) is 5.26 Å².